The topological polar surface area (TPSA) is 119 Å². The van der Waals surface area contributed by atoms with Gasteiger partial charge in [-0.1, -0.05) is 44.6 Å². The fraction of sp³-hybridized carbons (Fsp3) is 0.452. The monoisotopic (exact) mass is 559 g/mol. The zero-order chi connectivity index (χ0) is 28.8. The molecule has 1 aliphatic heterocycles. The summed E-state index contributed by atoms with van der Waals surface area (Å²) in [4.78, 5) is 32.7. The molecule has 0 radical (unpaired) electrons. The molecule has 1 aromatic heterocycles. The van der Waals surface area contributed by atoms with Crippen LogP contribution in [0.2, 0.25) is 0 Å². The van der Waals surface area contributed by atoms with Crippen LogP contribution in [0.4, 0.5) is 5.69 Å². The average Bonchev–Trinajstić information content (AvgIpc) is 3.56. The zero-order valence-corrected chi connectivity index (χ0v) is 23.9. The lowest BCUT2D eigenvalue weighted by Gasteiger charge is -2.32. The lowest BCUT2D eigenvalue weighted by molar-refractivity contribution is -0.145. The maximum absolute atomic E-state index is 13.6. The van der Waals surface area contributed by atoms with Gasteiger partial charge >= 0.3 is 0 Å². The summed E-state index contributed by atoms with van der Waals surface area (Å²) >= 11 is 0. The second-order valence-corrected chi connectivity index (χ2v) is 10.7. The Morgan fingerprint density at radius 3 is 2.56 bits per heavy atom. The second kappa shape index (κ2) is 13.9. The summed E-state index contributed by atoms with van der Waals surface area (Å²) in [5, 5.41) is 19.8. The van der Waals surface area contributed by atoms with Crippen molar-refractivity contribution in [3.8, 4) is 17.5 Å². The van der Waals surface area contributed by atoms with Crippen LogP contribution in [0.25, 0.3) is 11.4 Å². The van der Waals surface area contributed by atoms with Crippen molar-refractivity contribution < 1.29 is 14.1 Å². The van der Waals surface area contributed by atoms with E-state index in [0.717, 1.165) is 40.8 Å². The number of anilines is 1. The molecule has 0 saturated carbocycles. The van der Waals surface area contributed by atoms with E-state index in [1.165, 1.54) is 0 Å². The molecule has 4 rings (SSSR count). The summed E-state index contributed by atoms with van der Waals surface area (Å²) in [5.41, 5.74) is 5.15. The second-order valence-electron chi connectivity index (χ2n) is 10.7. The Balaban J connectivity index is 0.00000462. The Morgan fingerprint density at radius 2 is 1.88 bits per heavy atom. The number of aryl methyl sites for hydroxylation is 2. The molecule has 2 heterocycles. The van der Waals surface area contributed by atoms with E-state index in [1.54, 1.807) is 29.9 Å². The Kier molecular flexibility index (Phi) is 10.6. The highest BCUT2D eigenvalue weighted by Crippen LogP contribution is 2.28. The van der Waals surface area contributed by atoms with Crippen LogP contribution < -0.4 is 10.2 Å². The number of nitrogens with one attached hydrogen (secondary N) is 1. The van der Waals surface area contributed by atoms with E-state index in [9.17, 15) is 14.9 Å². The molecule has 0 atom stereocenters. The number of hydrazine groups is 1. The zero-order valence-electron chi connectivity index (χ0n) is 23.9. The van der Waals surface area contributed by atoms with E-state index in [1.807, 2.05) is 42.3 Å². The summed E-state index contributed by atoms with van der Waals surface area (Å²) in [7, 11) is 1.74. The number of benzene rings is 2. The van der Waals surface area contributed by atoms with Crippen LogP contribution in [0, 0.1) is 31.1 Å². The van der Waals surface area contributed by atoms with Gasteiger partial charge in [-0.3, -0.25) is 14.6 Å². The number of nitriles is 1. The molecule has 0 bridgehead atoms. The first kappa shape index (κ1) is 31.3. The van der Waals surface area contributed by atoms with Crippen LogP contribution in [0.1, 0.15) is 62.3 Å². The summed E-state index contributed by atoms with van der Waals surface area (Å²) < 4.78 is 5.16. The minimum atomic E-state index is -0.152. The van der Waals surface area contributed by atoms with E-state index in [4.69, 9.17) is 4.52 Å². The first-order valence-electron chi connectivity index (χ1n) is 13.6. The molecule has 0 spiro atoms. The Morgan fingerprint density at radius 1 is 1.12 bits per heavy atom. The lowest BCUT2D eigenvalue weighted by Crippen LogP contribution is -2.48. The van der Waals surface area contributed by atoms with Crippen LogP contribution >= 0.6 is 0 Å². The molecule has 1 aliphatic rings. The maximum atomic E-state index is 13.6. The molecule has 0 saturated heterocycles. The van der Waals surface area contributed by atoms with Gasteiger partial charge in [-0.05, 0) is 60.6 Å². The molecule has 10 nitrogen and oxygen atoms in total. The minimum Gasteiger partial charge on any atom is -0.355 e. The number of amides is 2. The number of nitrogens with zero attached hydrogens (tertiary/aromatic N) is 6. The molecular formula is C31H41N7O3. The fourth-order valence-electron chi connectivity index (χ4n) is 4.78. The molecule has 3 aromatic rings. The normalized spacial score (nSPS) is 12.4. The van der Waals surface area contributed by atoms with E-state index < -0.39 is 0 Å². The van der Waals surface area contributed by atoms with Crippen LogP contribution in [-0.2, 0) is 22.7 Å². The predicted octanol–water partition coefficient (Wildman–Crippen LogP) is 4.61. The highest BCUT2D eigenvalue weighted by molar-refractivity contribution is 5.87. The summed E-state index contributed by atoms with van der Waals surface area (Å²) in [6.45, 7) is 9.74. The number of carbonyl (C=O) groups is 2. The first-order valence-corrected chi connectivity index (χ1v) is 13.6. The van der Waals surface area contributed by atoms with Gasteiger partial charge in [0.25, 0.3) is 5.91 Å². The number of rotatable bonds is 11. The van der Waals surface area contributed by atoms with Gasteiger partial charge in [-0.15, -0.1) is 0 Å². The van der Waals surface area contributed by atoms with E-state index >= 15 is 0 Å². The van der Waals surface area contributed by atoms with Crippen molar-refractivity contribution in [1.29, 1.82) is 5.26 Å². The minimum absolute atomic E-state index is 0. The number of hydrogen-bond acceptors (Lipinski definition) is 8. The molecule has 41 heavy (non-hydrogen) atoms. The van der Waals surface area contributed by atoms with Crippen molar-refractivity contribution in [3.05, 3.63) is 64.5 Å². The number of fused-ring (bicyclic) bond motifs is 1. The molecule has 1 N–H and O–H groups in total. The third-order valence-electron chi connectivity index (χ3n) is 7.10. The predicted molar refractivity (Wildman–Crippen MR) is 158 cm³/mol. The third-order valence-corrected chi connectivity index (χ3v) is 7.10. The molecule has 0 aliphatic carbocycles. The van der Waals surface area contributed by atoms with Gasteiger partial charge in [0.05, 0.1) is 24.7 Å². The van der Waals surface area contributed by atoms with Gasteiger partial charge in [0.2, 0.25) is 17.6 Å². The van der Waals surface area contributed by atoms with Crippen LogP contribution in [-0.4, -0.2) is 58.7 Å². The van der Waals surface area contributed by atoms with E-state index in [0.29, 0.717) is 42.8 Å². The smallest absolute Gasteiger partial charge is 0.256 e. The average molecular weight is 560 g/mol. The first-order chi connectivity index (χ1) is 19.1. The van der Waals surface area contributed by atoms with Gasteiger partial charge in [0.1, 0.15) is 0 Å². The molecule has 0 fully saturated rings. The van der Waals surface area contributed by atoms with Crippen molar-refractivity contribution in [2.24, 2.45) is 5.92 Å². The SMILES string of the molecule is C.Cc1nc(-c2ccc(C)c(N(CC(=O)NCCCC(C)C)CC(=O)N(C)N3Cc4ccc(C#N)cc4C3)c2)no1. The standard InChI is InChI=1S/C30H37N7O3.CH4/c1-20(2)7-6-12-32-28(38)18-36(27-14-24(10-8-21(27)3)30-33-22(4)40-34-30)19-29(39)35(5)37-16-25-11-9-23(15-31)13-26(25)17-37;/h8-11,13-14,20H,6-7,12,16-19H2,1-5H3,(H,32,38);1H4. The largest absolute Gasteiger partial charge is 0.355 e. The summed E-state index contributed by atoms with van der Waals surface area (Å²) in [6.07, 6.45) is 1.94. The Labute approximate surface area is 242 Å². The fourth-order valence-corrected chi connectivity index (χ4v) is 4.78. The molecule has 10 heteroatoms. The van der Waals surface area contributed by atoms with E-state index in [-0.39, 0.29) is 32.3 Å². The molecule has 0 unspecified atom stereocenters. The van der Waals surface area contributed by atoms with Crippen molar-refractivity contribution in [2.45, 2.75) is 61.1 Å². The molecule has 218 valence electrons. The summed E-state index contributed by atoms with van der Waals surface area (Å²) in [5.74, 6) is 1.19. The van der Waals surface area contributed by atoms with Crippen molar-refractivity contribution in [1.82, 2.24) is 25.5 Å². The van der Waals surface area contributed by atoms with Gasteiger partial charge in [-0.2, -0.15) is 10.2 Å². The van der Waals surface area contributed by atoms with Crippen molar-refractivity contribution in [2.75, 3.05) is 31.6 Å². The molecule has 2 aromatic carbocycles. The Bertz CT molecular complexity index is 1410. The number of likely N-dealkylation sites (N-methyl/N-ethyl adjacent to an activating group) is 1. The van der Waals surface area contributed by atoms with Crippen LogP contribution in [0.3, 0.4) is 0 Å². The van der Waals surface area contributed by atoms with Gasteiger partial charge in [0, 0.05) is 44.9 Å². The quantitative estimate of drug-likeness (QED) is 0.339. The lowest BCUT2D eigenvalue weighted by atomic mass is 10.1. The number of carbonyl (C=O) groups excluding carboxylic acids is 2. The Hall–Kier alpha value is -4.23. The third kappa shape index (κ3) is 7.92. The van der Waals surface area contributed by atoms with Crippen LogP contribution in [0.5, 0.6) is 0 Å². The number of hydrogen-bond donors (Lipinski definition) is 1. The van der Waals surface area contributed by atoms with Gasteiger partial charge in [0.15, 0.2) is 0 Å². The highest BCUT2D eigenvalue weighted by Gasteiger charge is 2.27. The van der Waals surface area contributed by atoms with Gasteiger partial charge < -0.3 is 14.7 Å². The maximum Gasteiger partial charge on any atom is 0.256 e. The highest BCUT2D eigenvalue weighted by atomic mass is 16.5. The van der Waals surface area contributed by atoms with E-state index in [2.05, 4.69) is 35.4 Å². The van der Waals surface area contributed by atoms with Crippen LogP contribution in [0.15, 0.2) is 40.9 Å². The van der Waals surface area contributed by atoms with Crippen molar-refractivity contribution >= 4 is 17.5 Å². The van der Waals surface area contributed by atoms with Gasteiger partial charge in [-0.25, -0.2) is 5.01 Å². The molecule has 2 amide bonds. The number of aromatic nitrogens is 2. The molecular weight excluding hydrogens is 518 g/mol. The summed E-state index contributed by atoms with van der Waals surface area (Å²) in [6, 6.07) is 13.5. The van der Waals surface area contributed by atoms with Crippen molar-refractivity contribution in [3.63, 3.8) is 0 Å².